The molecular weight excluding hydrogens is 250 g/mol. The molecule has 3 heteroatoms. The van der Waals surface area contributed by atoms with Gasteiger partial charge in [-0.3, -0.25) is 0 Å². The predicted octanol–water partition coefficient (Wildman–Crippen LogP) is 4.13. The molecule has 2 aromatic rings. The molecule has 0 aliphatic heterocycles. The zero-order chi connectivity index (χ0) is 12.1. The van der Waals surface area contributed by atoms with E-state index in [2.05, 4.69) is 12.1 Å². The lowest BCUT2D eigenvalue weighted by Crippen LogP contribution is -2.13. The van der Waals surface area contributed by atoms with Crippen molar-refractivity contribution in [2.75, 3.05) is 5.75 Å². The van der Waals surface area contributed by atoms with Crippen LogP contribution in [0.3, 0.4) is 0 Å². The summed E-state index contributed by atoms with van der Waals surface area (Å²) in [6.45, 7) is 0. The van der Waals surface area contributed by atoms with Gasteiger partial charge in [-0.05, 0) is 23.8 Å². The van der Waals surface area contributed by atoms with Crippen LogP contribution in [0.4, 0.5) is 0 Å². The minimum atomic E-state index is -0.0334. The second-order valence-corrected chi connectivity index (χ2v) is 5.25. The monoisotopic (exact) mass is 263 g/mol. The van der Waals surface area contributed by atoms with E-state index >= 15 is 0 Å². The average Bonchev–Trinajstić information content (AvgIpc) is 2.38. The van der Waals surface area contributed by atoms with Gasteiger partial charge in [0.2, 0.25) is 0 Å². The van der Waals surface area contributed by atoms with E-state index in [9.17, 15) is 0 Å². The summed E-state index contributed by atoms with van der Waals surface area (Å²) in [6.07, 6.45) is 0. The zero-order valence-corrected chi connectivity index (χ0v) is 10.9. The van der Waals surface area contributed by atoms with Crippen LogP contribution in [0.15, 0.2) is 59.5 Å². The molecule has 2 N–H and O–H groups in total. The fourth-order valence-corrected chi connectivity index (χ4v) is 2.75. The van der Waals surface area contributed by atoms with Gasteiger partial charge in [-0.25, -0.2) is 0 Å². The highest BCUT2D eigenvalue weighted by Crippen LogP contribution is 2.26. The van der Waals surface area contributed by atoms with Crippen LogP contribution < -0.4 is 5.73 Å². The molecule has 0 saturated carbocycles. The topological polar surface area (TPSA) is 26.0 Å². The van der Waals surface area contributed by atoms with E-state index in [4.69, 9.17) is 17.3 Å². The van der Waals surface area contributed by atoms with Crippen LogP contribution in [-0.4, -0.2) is 5.75 Å². The molecule has 0 aliphatic carbocycles. The second-order valence-electron chi connectivity index (χ2n) is 3.75. The number of thioether (sulfide) groups is 1. The van der Waals surface area contributed by atoms with Crippen molar-refractivity contribution >= 4 is 23.4 Å². The molecule has 88 valence electrons. The number of nitrogens with two attached hydrogens (primary N) is 1. The van der Waals surface area contributed by atoms with E-state index in [1.165, 1.54) is 4.90 Å². The summed E-state index contributed by atoms with van der Waals surface area (Å²) in [6, 6.07) is 18.0. The summed E-state index contributed by atoms with van der Waals surface area (Å²) in [5, 5.41) is 0.744. The van der Waals surface area contributed by atoms with Crippen molar-refractivity contribution in [3.8, 4) is 0 Å². The van der Waals surface area contributed by atoms with Crippen molar-refractivity contribution in [2.24, 2.45) is 5.73 Å². The number of hydrogen-bond acceptors (Lipinski definition) is 2. The molecule has 0 amide bonds. The second kappa shape index (κ2) is 6.10. The Labute approximate surface area is 111 Å². The smallest absolute Gasteiger partial charge is 0.0454 e. The van der Waals surface area contributed by atoms with Gasteiger partial charge in [0.15, 0.2) is 0 Å². The first-order valence-electron chi connectivity index (χ1n) is 5.45. The molecule has 1 nitrogen and oxygen atoms in total. The first kappa shape index (κ1) is 12.5. The van der Waals surface area contributed by atoms with E-state index in [1.54, 1.807) is 11.8 Å². The minimum absolute atomic E-state index is 0.0334. The number of benzene rings is 2. The van der Waals surface area contributed by atoms with Crippen LogP contribution in [0.25, 0.3) is 0 Å². The van der Waals surface area contributed by atoms with Crippen LogP contribution in [0.5, 0.6) is 0 Å². The third kappa shape index (κ3) is 3.50. The van der Waals surface area contributed by atoms with Crippen molar-refractivity contribution in [3.05, 3.63) is 65.2 Å². The Morgan fingerprint density at radius 1 is 1.00 bits per heavy atom. The van der Waals surface area contributed by atoms with Gasteiger partial charge in [0.25, 0.3) is 0 Å². The van der Waals surface area contributed by atoms with Crippen molar-refractivity contribution in [3.63, 3.8) is 0 Å². The zero-order valence-electron chi connectivity index (χ0n) is 9.34. The Hall–Kier alpha value is -0.960. The summed E-state index contributed by atoms with van der Waals surface area (Å²) in [5.41, 5.74) is 7.15. The van der Waals surface area contributed by atoms with Gasteiger partial charge in [-0.2, -0.15) is 0 Å². The lowest BCUT2D eigenvalue weighted by molar-refractivity contribution is 0.831. The molecule has 0 saturated heterocycles. The molecule has 0 bridgehead atoms. The summed E-state index contributed by atoms with van der Waals surface area (Å²) in [5.74, 6) is 0.827. The Morgan fingerprint density at radius 2 is 1.65 bits per heavy atom. The SMILES string of the molecule is NC(CSc1ccccc1)c1ccccc1Cl. The van der Waals surface area contributed by atoms with Crippen LogP contribution in [-0.2, 0) is 0 Å². The van der Waals surface area contributed by atoms with E-state index < -0.39 is 0 Å². The van der Waals surface area contributed by atoms with E-state index in [1.807, 2.05) is 42.5 Å². The molecule has 0 heterocycles. The van der Waals surface area contributed by atoms with Gasteiger partial charge in [0, 0.05) is 21.7 Å². The number of rotatable bonds is 4. The Balaban J connectivity index is 1.99. The first-order chi connectivity index (χ1) is 8.27. The maximum Gasteiger partial charge on any atom is 0.0454 e. The van der Waals surface area contributed by atoms with Gasteiger partial charge in [-0.1, -0.05) is 48.0 Å². The van der Waals surface area contributed by atoms with Crippen LogP contribution in [0.2, 0.25) is 5.02 Å². The number of halogens is 1. The predicted molar refractivity (Wildman–Crippen MR) is 75.5 cm³/mol. The van der Waals surface area contributed by atoms with Crippen LogP contribution >= 0.6 is 23.4 Å². The fraction of sp³-hybridized carbons (Fsp3) is 0.143. The normalized spacial score (nSPS) is 12.4. The van der Waals surface area contributed by atoms with Crippen molar-refractivity contribution < 1.29 is 0 Å². The third-order valence-corrected chi connectivity index (χ3v) is 3.95. The summed E-state index contributed by atoms with van der Waals surface area (Å²) < 4.78 is 0. The van der Waals surface area contributed by atoms with E-state index in [0.717, 1.165) is 16.3 Å². The third-order valence-electron chi connectivity index (χ3n) is 2.48. The van der Waals surface area contributed by atoms with Gasteiger partial charge >= 0.3 is 0 Å². The molecule has 17 heavy (non-hydrogen) atoms. The van der Waals surface area contributed by atoms with E-state index in [-0.39, 0.29) is 6.04 Å². The fourth-order valence-electron chi connectivity index (χ4n) is 1.57. The Bertz CT molecular complexity index is 473. The van der Waals surface area contributed by atoms with Crippen LogP contribution in [0, 0.1) is 0 Å². The van der Waals surface area contributed by atoms with E-state index in [0.29, 0.717) is 0 Å². The molecule has 2 rings (SSSR count). The lowest BCUT2D eigenvalue weighted by Gasteiger charge is -2.13. The molecule has 0 radical (unpaired) electrons. The quantitative estimate of drug-likeness (QED) is 0.840. The van der Waals surface area contributed by atoms with Crippen LogP contribution in [0.1, 0.15) is 11.6 Å². The maximum absolute atomic E-state index is 6.14. The Kier molecular flexibility index (Phi) is 4.49. The van der Waals surface area contributed by atoms with Crippen molar-refractivity contribution in [1.29, 1.82) is 0 Å². The first-order valence-corrected chi connectivity index (χ1v) is 6.81. The summed E-state index contributed by atoms with van der Waals surface area (Å²) >= 11 is 7.86. The van der Waals surface area contributed by atoms with Gasteiger partial charge in [0.1, 0.15) is 0 Å². The van der Waals surface area contributed by atoms with Crippen molar-refractivity contribution in [1.82, 2.24) is 0 Å². The lowest BCUT2D eigenvalue weighted by atomic mass is 10.1. The molecule has 0 spiro atoms. The van der Waals surface area contributed by atoms with Crippen molar-refractivity contribution in [2.45, 2.75) is 10.9 Å². The highest BCUT2D eigenvalue weighted by molar-refractivity contribution is 7.99. The highest BCUT2D eigenvalue weighted by atomic mass is 35.5. The molecule has 0 fully saturated rings. The highest BCUT2D eigenvalue weighted by Gasteiger charge is 2.09. The standard InChI is InChI=1S/C14H14ClNS/c15-13-9-5-4-8-12(13)14(16)10-17-11-6-2-1-3-7-11/h1-9,14H,10,16H2. The molecular formula is C14H14ClNS. The molecule has 1 atom stereocenters. The molecule has 0 aliphatic rings. The summed E-state index contributed by atoms with van der Waals surface area (Å²) in [4.78, 5) is 1.23. The minimum Gasteiger partial charge on any atom is -0.323 e. The Morgan fingerprint density at radius 3 is 2.35 bits per heavy atom. The average molecular weight is 264 g/mol. The molecule has 1 unspecified atom stereocenters. The molecule has 2 aromatic carbocycles. The van der Waals surface area contributed by atoms with Gasteiger partial charge in [-0.15, -0.1) is 11.8 Å². The largest absolute Gasteiger partial charge is 0.323 e. The van der Waals surface area contributed by atoms with Gasteiger partial charge in [0.05, 0.1) is 0 Å². The maximum atomic E-state index is 6.14. The number of hydrogen-bond donors (Lipinski definition) is 1. The van der Waals surface area contributed by atoms with Gasteiger partial charge < -0.3 is 5.73 Å². The summed E-state index contributed by atoms with van der Waals surface area (Å²) in [7, 11) is 0. The molecule has 0 aromatic heterocycles.